The molecule has 1 fully saturated rings. The van der Waals surface area contributed by atoms with Gasteiger partial charge in [0.25, 0.3) is 5.91 Å². The number of amides is 3. The lowest BCUT2D eigenvalue weighted by Gasteiger charge is -2.13. The Morgan fingerprint density at radius 1 is 1.08 bits per heavy atom. The summed E-state index contributed by atoms with van der Waals surface area (Å²) in [5.74, 6) is -0.456. The van der Waals surface area contributed by atoms with Crippen molar-refractivity contribution in [1.82, 2.24) is 10.2 Å². The first-order valence-electron chi connectivity index (χ1n) is 8.12. The Hall–Kier alpha value is -1.89. The van der Waals surface area contributed by atoms with Crippen molar-refractivity contribution in [2.45, 2.75) is 19.3 Å². The molecule has 0 atom stereocenters. The van der Waals surface area contributed by atoms with Crippen LogP contribution in [0.1, 0.15) is 28.9 Å². The van der Waals surface area contributed by atoms with Gasteiger partial charge in [-0.15, -0.1) is 11.3 Å². The first-order valence-corrected chi connectivity index (χ1v) is 9.69. The van der Waals surface area contributed by atoms with Gasteiger partial charge in [0.05, 0.1) is 4.88 Å². The fourth-order valence-electron chi connectivity index (χ4n) is 2.71. The maximum atomic E-state index is 12.2. The molecule has 1 saturated heterocycles. The van der Waals surface area contributed by atoms with Gasteiger partial charge < -0.3 is 5.32 Å². The monoisotopic (exact) mass is 410 g/mol. The topological polar surface area (TPSA) is 66.5 Å². The van der Waals surface area contributed by atoms with E-state index in [2.05, 4.69) is 5.32 Å². The number of rotatable bonds is 6. The molecule has 0 aliphatic carbocycles. The zero-order chi connectivity index (χ0) is 18.7. The molecule has 5 nitrogen and oxygen atoms in total. The van der Waals surface area contributed by atoms with Gasteiger partial charge in [0.15, 0.2) is 0 Å². The first kappa shape index (κ1) is 18.9. The molecule has 1 aromatic heterocycles. The number of benzene rings is 1. The number of hydrogen-bond acceptors (Lipinski definition) is 4. The third-order valence-corrected chi connectivity index (χ3v) is 5.55. The van der Waals surface area contributed by atoms with Crippen LogP contribution in [0.25, 0.3) is 10.4 Å². The summed E-state index contributed by atoms with van der Waals surface area (Å²) in [5, 5.41) is 3.89. The number of carbonyl (C=O) groups excluding carboxylic acids is 3. The van der Waals surface area contributed by atoms with E-state index in [1.165, 1.54) is 16.2 Å². The highest BCUT2D eigenvalue weighted by atomic mass is 35.5. The minimum Gasteiger partial charge on any atom is -0.351 e. The largest absolute Gasteiger partial charge is 0.351 e. The molecule has 136 valence electrons. The zero-order valence-electron chi connectivity index (χ0n) is 13.8. The fourth-order valence-corrected chi connectivity index (χ4v) is 4.15. The predicted molar refractivity (Wildman–Crippen MR) is 103 cm³/mol. The number of nitrogens with one attached hydrogen (secondary N) is 1. The van der Waals surface area contributed by atoms with E-state index in [9.17, 15) is 14.4 Å². The second-order valence-corrected chi connectivity index (χ2v) is 7.83. The first-order chi connectivity index (χ1) is 12.4. The summed E-state index contributed by atoms with van der Waals surface area (Å²) in [5.41, 5.74) is 0.859. The van der Waals surface area contributed by atoms with Crippen LogP contribution in [-0.2, 0) is 9.59 Å². The summed E-state index contributed by atoms with van der Waals surface area (Å²) < 4.78 is 0. The lowest BCUT2D eigenvalue weighted by atomic mass is 10.2. The SMILES string of the molecule is O=C(NCCCN1C(=O)CCC1=O)c1ccc(-c2cc(Cl)cc(Cl)c2)s1. The van der Waals surface area contributed by atoms with Gasteiger partial charge >= 0.3 is 0 Å². The van der Waals surface area contributed by atoms with Crippen molar-refractivity contribution in [3.8, 4) is 10.4 Å². The highest BCUT2D eigenvalue weighted by Gasteiger charge is 2.27. The Kier molecular flexibility index (Phi) is 5.96. The number of hydrogen-bond donors (Lipinski definition) is 1. The molecule has 1 aliphatic rings. The maximum absolute atomic E-state index is 12.2. The van der Waals surface area contributed by atoms with Crippen LogP contribution in [-0.4, -0.2) is 35.7 Å². The molecule has 8 heteroatoms. The summed E-state index contributed by atoms with van der Waals surface area (Å²) in [4.78, 5) is 38.0. The molecule has 1 N–H and O–H groups in total. The summed E-state index contributed by atoms with van der Waals surface area (Å²) in [6.07, 6.45) is 1.11. The number of carbonyl (C=O) groups is 3. The maximum Gasteiger partial charge on any atom is 0.261 e. The van der Waals surface area contributed by atoms with E-state index in [0.717, 1.165) is 10.4 Å². The van der Waals surface area contributed by atoms with E-state index in [1.807, 2.05) is 6.07 Å². The molecule has 0 saturated carbocycles. The van der Waals surface area contributed by atoms with E-state index >= 15 is 0 Å². The zero-order valence-corrected chi connectivity index (χ0v) is 16.1. The quantitative estimate of drug-likeness (QED) is 0.578. The molecule has 0 spiro atoms. The Bertz CT molecular complexity index is 830. The van der Waals surface area contributed by atoms with Gasteiger partial charge in [0.2, 0.25) is 11.8 Å². The summed E-state index contributed by atoms with van der Waals surface area (Å²) in [6.45, 7) is 0.737. The highest BCUT2D eigenvalue weighted by Crippen LogP contribution is 2.32. The van der Waals surface area contributed by atoms with Gasteiger partial charge in [-0.1, -0.05) is 23.2 Å². The minimum absolute atomic E-state index is 0.135. The molecule has 3 rings (SSSR count). The number of thiophene rings is 1. The summed E-state index contributed by atoms with van der Waals surface area (Å²) in [6, 6.07) is 8.85. The average molecular weight is 411 g/mol. The summed E-state index contributed by atoms with van der Waals surface area (Å²) in [7, 11) is 0. The Labute approximate surface area is 164 Å². The van der Waals surface area contributed by atoms with Crippen molar-refractivity contribution in [3.63, 3.8) is 0 Å². The molecular weight excluding hydrogens is 395 g/mol. The molecule has 0 unspecified atom stereocenters. The molecule has 0 bridgehead atoms. The molecule has 3 amide bonds. The van der Waals surface area contributed by atoms with Crippen molar-refractivity contribution in [3.05, 3.63) is 45.3 Å². The van der Waals surface area contributed by atoms with Crippen molar-refractivity contribution >= 4 is 52.3 Å². The third kappa shape index (κ3) is 4.44. The van der Waals surface area contributed by atoms with E-state index in [-0.39, 0.29) is 30.6 Å². The summed E-state index contributed by atoms with van der Waals surface area (Å²) >= 11 is 13.4. The number of nitrogens with zero attached hydrogens (tertiary/aromatic N) is 1. The van der Waals surface area contributed by atoms with Gasteiger partial charge in [-0.3, -0.25) is 19.3 Å². The highest BCUT2D eigenvalue weighted by molar-refractivity contribution is 7.17. The van der Waals surface area contributed by atoms with Crippen molar-refractivity contribution < 1.29 is 14.4 Å². The predicted octanol–water partition coefficient (Wildman–Crippen LogP) is 3.99. The van der Waals surface area contributed by atoms with Crippen LogP contribution in [0.2, 0.25) is 10.0 Å². The Morgan fingerprint density at radius 2 is 1.73 bits per heavy atom. The fraction of sp³-hybridized carbons (Fsp3) is 0.278. The second kappa shape index (κ2) is 8.20. The van der Waals surface area contributed by atoms with Gasteiger partial charge in [0.1, 0.15) is 0 Å². The number of likely N-dealkylation sites (tertiary alicyclic amines) is 1. The normalized spacial score (nSPS) is 14.2. The van der Waals surface area contributed by atoms with Crippen LogP contribution < -0.4 is 5.32 Å². The molecule has 26 heavy (non-hydrogen) atoms. The van der Waals surface area contributed by atoms with Crippen LogP contribution in [0.4, 0.5) is 0 Å². The minimum atomic E-state index is -0.187. The van der Waals surface area contributed by atoms with Crippen molar-refractivity contribution in [2.75, 3.05) is 13.1 Å². The van der Waals surface area contributed by atoms with Crippen molar-refractivity contribution in [2.24, 2.45) is 0 Å². The number of imide groups is 1. The molecule has 2 heterocycles. The molecule has 0 radical (unpaired) electrons. The third-order valence-electron chi connectivity index (χ3n) is 3.98. The van der Waals surface area contributed by atoms with Crippen LogP contribution in [0.3, 0.4) is 0 Å². The lowest BCUT2D eigenvalue weighted by molar-refractivity contribution is -0.138. The van der Waals surface area contributed by atoms with Crippen molar-refractivity contribution in [1.29, 1.82) is 0 Å². The van der Waals surface area contributed by atoms with Gasteiger partial charge in [-0.05, 0) is 42.3 Å². The smallest absolute Gasteiger partial charge is 0.261 e. The van der Waals surface area contributed by atoms with E-state index in [4.69, 9.17) is 23.2 Å². The van der Waals surface area contributed by atoms with Crippen LogP contribution in [0.15, 0.2) is 30.3 Å². The molecule has 1 aliphatic heterocycles. The molecule has 2 aromatic rings. The Morgan fingerprint density at radius 3 is 2.38 bits per heavy atom. The van der Waals surface area contributed by atoms with Crippen LogP contribution >= 0.6 is 34.5 Å². The Balaban J connectivity index is 1.53. The molecule has 1 aromatic carbocycles. The molecular formula is C18H16Cl2N2O3S. The second-order valence-electron chi connectivity index (χ2n) is 5.87. The lowest BCUT2D eigenvalue weighted by Crippen LogP contribution is -2.33. The van der Waals surface area contributed by atoms with Crippen LogP contribution in [0, 0.1) is 0 Å². The van der Waals surface area contributed by atoms with Gasteiger partial charge in [0, 0.05) is 40.9 Å². The van der Waals surface area contributed by atoms with E-state index < -0.39 is 0 Å². The average Bonchev–Trinajstić information content (AvgIpc) is 3.19. The number of halogens is 2. The van der Waals surface area contributed by atoms with Gasteiger partial charge in [-0.2, -0.15) is 0 Å². The van der Waals surface area contributed by atoms with Crippen LogP contribution in [0.5, 0.6) is 0 Å². The van der Waals surface area contributed by atoms with E-state index in [1.54, 1.807) is 24.3 Å². The van der Waals surface area contributed by atoms with E-state index in [0.29, 0.717) is 34.4 Å². The van der Waals surface area contributed by atoms with Gasteiger partial charge in [-0.25, -0.2) is 0 Å². The standard InChI is InChI=1S/C18H16Cl2N2O3S/c19-12-8-11(9-13(20)10-12)14-2-3-15(26-14)18(25)21-6-1-7-22-16(23)4-5-17(22)24/h2-3,8-10H,1,4-7H2,(H,21,25).